The zero-order valence-electron chi connectivity index (χ0n) is 11.5. The molecule has 106 valence electrons. The highest BCUT2D eigenvalue weighted by molar-refractivity contribution is 6.34. The molecule has 3 N–H and O–H groups in total. The minimum absolute atomic E-state index is 0.244. The predicted molar refractivity (Wildman–Crippen MR) is 81.1 cm³/mol. The Morgan fingerprint density at radius 2 is 2.15 bits per heavy atom. The lowest BCUT2D eigenvalue weighted by Crippen LogP contribution is -2.17. The fourth-order valence-electron chi connectivity index (χ4n) is 1.89. The van der Waals surface area contributed by atoms with Crippen LogP contribution < -0.4 is 11.1 Å². The molecule has 0 atom stereocenters. The molecule has 0 aliphatic rings. The van der Waals surface area contributed by atoms with E-state index in [-0.39, 0.29) is 5.91 Å². The number of nitrogens with two attached hydrogens (primary N) is 1. The van der Waals surface area contributed by atoms with E-state index in [1.807, 2.05) is 13.8 Å². The smallest absolute Gasteiger partial charge is 0.273 e. The minimum Gasteiger partial charge on any atom is -0.399 e. The van der Waals surface area contributed by atoms with Crippen molar-refractivity contribution in [2.45, 2.75) is 26.8 Å². The van der Waals surface area contributed by atoms with Gasteiger partial charge in [0.25, 0.3) is 5.91 Å². The number of hydrogen-bond acceptors (Lipinski definition) is 3. The van der Waals surface area contributed by atoms with Crippen LogP contribution in [0.5, 0.6) is 0 Å². The maximum absolute atomic E-state index is 12.3. The van der Waals surface area contributed by atoms with E-state index in [0.717, 1.165) is 12.1 Å². The standard InChI is InChI=1S/C14H17ClN4O/c1-3-10-8-13(19(4-2)18-10)14(20)17-12-7-9(16)5-6-11(12)15/h5-8H,3-4,16H2,1-2H3,(H,17,20). The maximum atomic E-state index is 12.3. The number of carbonyl (C=O) groups excluding carboxylic acids is 1. The van der Waals surface area contributed by atoms with Gasteiger partial charge in [0.05, 0.1) is 16.4 Å². The van der Waals surface area contributed by atoms with Gasteiger partial charge in [-0.15, -0.1) is 0 Å². The minimum atomic E-state index is -0.244. The van der Waals surface area contributed by atoms with Crippen molar-refractivity contribution in [3.05, 3.63) is 40.7 Å². The van der Waals surface area contributed by atoms with Crippen molar-refractivity contribution in [2.75, 3.05) is 11.1 Å². The number of aromatic nitrogens is 2. The highest BCUT2D eigenvalue weighted by Crippen LogP contribution is 2.24. The van der Waals surface area contributed by atoms with E-state index < -0.39 is 0 Å². The number of benzene rings is 1. The van der Waals surface area contributed by atoms with Gasteiger partial charge in [0.1, 0.15) is 5.69 Å². The van der Waals surface area contributed by atoms with Gasteiger partial charge in [-0.2, -0.15) is 5.10 Å². The third-order valence-electron chi connectivity index (χ3n) is 2.96. The Balaban J connectivity index is 2.28. The van der Waals surface area contributed by atoms with Crippen molar-refractivity contribution in [3.63, 3.8) is 0 Å². The van der Waals surface area contributed by atoms with Gasteiger partial charge in [-0.05, 0) is 37.6 Å². The van der Waals surface area contributed by atoms with Crippen LogP contribution in [0.15, 0.2) is 24.3 Å². The molecule has 0 saturated heterocycles. The molecule has 0 radical (unpaired) electrons. The monoisotopic (exact) mass is 292 g/mol. The van der Waals surface area contributed by atoms with E-state index in [2.05, 4.69) is 10.4 Å². The number of halogens is 1. The molecular weight excluding hydrogens is 276 g/mol. The molecule has 5 nitrogen and oxygen atoms in total. The molecule has 0 saturated carbocycles. The van der Waals surface area contributed by atoms with Gasteiger partial charge in [0.2, 0.25) is 0 Å². The molecule has 0 spiro atoms. The fraction of sp³-hybridized carbons (Fsp3) is 0.286. The second-order valence-electron chi connectivity index (χ2n) is 4.38. The Hall–Kier alpha value is -2.01. The number of rotatable bonds is 4. The number of hydrogen-bond donors (Lipinski definition) is 2. The maximum Gasteiger partial charge on any atom is 0.273 e. The van der Waals surface area contributed by atoms with Crippen LogP contribution >= 0.6 is 11.6 Å². The molecule has 2 rings (SSSR count). The quantitative estimate of drug-likeness (QED) is 0.851. The topological polar surface area (TPSA) is 72.9 Å². The molecule has 0 aliphatic carbocycles. The molecule has 0 bridgehead atoms. The summed E-state index contributed by atoms with van der Waals surface area (Å²) in [6.45, 7) is 4.57. The van der Waals surface area contributed by atoms with E-state index in [9.17, 15) is 4.79 Å². The first-order chi connectivity index (χ1) is 9.55. The lowest BCUT2D eigenvalue weighted by Gasteiger charge is -2.08. The van der Waals surface area contributed by atoms with Crippen LogP contribution in [0.4, 0.5) is 11.4 Å². The number of nitrogens with zero attached hydrogens (tertiary/aromatic N) is 2. The molecule has 0 unspecified atom stereocenters. The van der Waals surface area contributed by atoms with Gasteiger partial charge in [0.15, 0.2) is 0 Å². The average molecular weight is 293 g/mol. The highest BCUT2D eigenvalue weighted by Gasteiger charge is 2.15. The summed E-state index contributed by atoms with van der Waals surface area (Å²) in [6, 6.07) is 6.76. The van der Waals surface area contributed by atoms with Gasteiger partial charge >= 0.3 is 0 Å². The molecule has 0 aliphatic heterocycles. The highest BCUT2D eigenvalue weighted by atomic mass is 35.5. The van der Waals surface area contributed by atoms with E-state index >= 15 is 0 Å². The Bertz CT molecular complexity index is 636. The SMILES string of the molecule is CCc1cc(C(=O)Nc2cc(N)ccc2Cl)n(CC)n1. The van der Waals surface area contributed by atoms with Gasteiger partial charge in [-0.3, -0.25) is 9.48 Å². The summed E-state index contributed by atoms with van der Waals surface area (Å²) in [5, 5.41) is 7.57. The summed E-state index contributed by atoms with van der Waals surface area (Å²) < 4.78 is 1.67. The molecule has 0 fully saturated rings. The van der Waals surface area contributed by atoms with Crippen molar-refractivity contribution in [1.82, 2.24) is 9.78 Å². The average Bonchev–Trinajstić information content (AvgIpc) is 2.86. The number of carbonyl (C=O) groups is 1. The first-order valence-corrected chi connectivity index (χ1v) is 6.86. The predicted octanol–water partition coefficient (Wildman–Crippen LogP) is 2.95. The zero-order chi connectivity index (χ0) is 14.7. The largest absolute Gasteiger partial charge is 0.399 e. The van der Waals surface area contributed by atoms with Crippen LogP contribution in [-0.2, 0) is 13.0 Å². The fourth-order valence-corrected chi connectivity index (χ4v) is 2.06. The van der Waals surface area contributed by atoms with Crippen LogP contribution in [0.1, 0.15) is 30.0 Å². The second-order valence-corrected chi connectivity index (χ2v) is 4.79. The summed E-state index contributed by atoms with van der Waals surface area (Å²) >= 11 is 6.04. The van der Waals surface area contributed by atoms with E-state index in [0.29, 0.717) is 28.6 Å². The molecular formula is C14H17ClN4O. The summed E-state index contributed by atoms with van der Waals surface area (Å²) in [6.07, 6.45) is 0.784. The van der Waals surface area contributed by atoms with Gasteiger partial charge in [-0.25, -0.2) is 0 Å². The molecule has 1 aromatic heterocycles. The van der Waals surface area contributed by atoms with Crippen LogP contribution in [-0.4, -0.2) is 15.7 Å². The van der Waals surface area contributed by atoms with E-state index in [1.54, 1.807) is 28.9 Å². The molecule has 2 aromatic rings. The summed E-state index contributed by atoms with van der Waals surface area (Å²) in [7, 11) is 0. The van der Waals surface area contributed by atoms with Crippen molar-refractivity contribution < 1.29 is 4.79 Å². The molecule has 1 amide bonds. The Morgan fingerprint density at radius 3 is 2.80 bits per heavy atom. The van der Waals surface area contributed by atoms with Crippen LogP contribution in [0.25, 0.3) is 0 Å². The normalized spacial score (nSPS) is 10.6. The van der Waals surface area contributed by atoms with Crippen LogP contribution in [0.3, 0.4) is 0 Å². The first kappa shape index (κ1) is 14.4. The van der Waals surface area contributed by atoms with E-state index in [1.165, 1.54) is 0 Å². The summed E-state index contributed by atoms with van der Waals surface area (Å²) in [5.74, 6) is -0.244. The van der Waals surface area contributed by atoms with Crippen molar-refractivity contribution in [2.24, 2.45) is 0 Å². The molecule has 1 heterocycles. The number of anilines is 2. The number of nitrogens with one attached hydrogen (secondary N) is 1. The van der Waals surface area contributed by atoms with Crippen molar-refractivity contribution in [3.8, 4) is 0 Å². The van der Waals surface area contributed by atoms with Gasteiger partial charge < -0.3 is 11.1 Å². The second kappa shape index (κ2) is 5.96. The number of aryl methyl sites for hydroxylation is 2. The van der Waals surface area contributed by atoms with Gasteiger partial charge in [0, 0.05) is 12.2 Å². The van der Waals surface area contributed by atoms with Crippen molar-refractivity contribution in [1.29, 1.82) is 0 Å². The lowest BCUT2D eigenvalue weighted by atomic mass is 10.2. The van der Waals surface area contributed by atoms with Gasteiger partial charge in [-0.1, -0.05) is 18.5 Å². The van der Waals surface area contributed by atoms with Crippen LogP contribution in [0, 0.1) is 0 Å². The summed E-state index contributed by atoms with van der Waals surface area (Å²) in [4.78, 5) is 12.3. The first-order valence-electron chi connectivity index (χ1n) is 6.48. The third-order valence-corrected chi connectivity index (χ3v) is 3.29. The zero-order valence-corrected chi connectivity index (χ0v) is 12.2. The Morgan fingerprint density at radius 1 is 1.40 bits per heavy atom. The Labute approximate surface area is 122 Å². The number of amides is 1. The Kier molecular flexibility index (Phi) is 4.29. The summed E-state index contributed by atoms with van der Waals surface area (Å²) in [5.41, 5.74) is 8.14. The number of nitrogen functional groups attached to an aromatic ring is 1. The lowest BCUT2D eigenvalue weighted by molar-refractivity contribution is 0.101. The van der Waals surface area contributed by atoms with E-state index in [4.69, 9.17) is 17.3 Å². The molecule has 20 heavy (non-hydrogen) atoms. The molecule has 1 aromatic carbocycles. The third kappa shape index (κ3) is 2.93. The van der Waals surface area contributed by atoms with Crippen LogP contribution in [0.2, 0.25) is 5.02 Å². The van der Waals surface area contributed by atoms with Crippen molar-refractivity contribution >= 4 is 28.9 Å². The molecule has 6 heteroatoms.